The van der Waals surface area contributed by atoms with Gasteiger partial charge in [-0.05, 0) is 45.9 Å². The summed E-state index contributed by atoms with van der Waals surface area (Å²) in [6.07, 6.45) is -3.54. The first kappa shape index (κ1) is 24.6. The molecule has 0 radical (unpaired) electrons. The van der Waals surface area contributed by atoms with Crippen molar-refractivity contribution in [1.82, 2.24) is 24.8 Å². The number of alkyl halides is 3. The number of carbonyl (C=O) groups is 1. The molecule has 1 aliphatic heterocycles. The summed E-state index contributed by atoms with van der Waals surface area (Å²) in [6.45, 7) is 7.68. The lowest BCUT2D eigenvalue weighted by molar-refractivity contribution is -0.141. The van der Waals surface area contributed by atoms with Gasteiger partial charge in [0.2, 0.25) is 0 Å². The van der Waals surface area contributed by atoms with E-state index in [9.17, 15) is 22.8 Å². The molecule has 2 N–H and O–H groups in total. The van der Waals surface area contributed by atoms with Crippen molar-refractivity contribution < 1.29 is 22.7 Å². The molecular weight excluding hydrogens is 465 g/mol. The molecule has 12 heteroatoms. The quantitative estimate of drug-likeness (QED) is 0.576. The Hall–Kier alpha value is -3.54. The zero-order valence-electron chi connectivity index (χ0n) is 19.6. The average Bonchev–Trinajstić information content (AvgIpc) is 2.77. The second-order valence-electron chi connectivity index (χ2n) is 8.71. The number of carbonyl (C=O) groups excluding carboxylic acids is 1. The summed E-state index contributed by atoms with van der Waals surface area (Å²) >= 11 is 0. The fraction of sp³-hybridized carbons (Fsp3) is 0.435. The Bertz CT molecular complexity index is 1300. The summed E-state index contributed by atoms with van der Waals surface area (Å²) in [5.74, 6) is 0.239. The minimum Gasteiger partial charge on any atom is -0.372 e. The number of pyridine rings is 2. The Balaban J connectivity index is 1.59. The van der Waals surface area contributed by atoms with Crippen molar-refractivity contribution in [1.29, 1.82) is 0 Å². The number of nitrogens with zero attached hydrogens (tertiary/aromatic N) is 4. The van der Waals surface area contributed by atoms with Crippen LogP contribution in [0.1, 0.15) is 54.3 Å². The number of rotatable bonds is 4. The summed E-state index contributed by atoms with van der Waals surface area (Å²) in [6, 6.07) is 3.33. The van der Waals surface area contributed by atoms with Crippen LogP contribution >= 0.6 is 0 Å². The third-order valence-corrected chi connectivity index (χ3v) is 5.66. The van der Waals surface area contributed by atoms with E-state index in [0.29, 0.717) is 18.7 Å². The largest absolute Gasteiger partial charge is 0.433 e. The minimum absolute atomic E-state index is 0.0462. The van der Waals surface area contributed by atoms with Gasteiger partial charge in [-0.25, -0.2) is 15.0 Å². The first-order valence-corrected chi connectivity index (χ1v) is 11.1. The van der Waals surface area contributed by atoms with Crippen molar-refractivity contribution in [2.75, 3.05) is 18.4 Å². The maximum absolute atomic E-state index is 13.8. The number of hydrogen-bond donors (Lipinski definition) is 2. The Morgan fingerprint density at radius 2 is 1.91 bits per heavy atom. The summed E-state index contributed by atoms with van der Waals surface area (Å²) in [4.78, 5) is 41.0. The lowest BCUT2D eigenvalue weighted by atomic mass is 10.0. The summed E-state index contributed by atoms with van der Waals surface area (Å²) in [5.41, 5.74) is -1.85. The van der Waals surface area contributed by atoms with E-state index in [1.54, 1.807) is 11.0 Å². The van der Waals surface area contributed by atoms with Crippen LogP contribution in [0.3, 0.4) is 0 Å². The summed E-state index contributed by atoms with van der Waals surface area (Å²) in [7, 11) is 0. The molecule has 3 unspecified atom stereocenters. The Labute approximate surface area is 198 Å². The van der Waals surface area contributed by atoms with E-state index in [-0.39, 0.29) is 46.4 Å². The predicted octanol–water partition coefficient (Wildman–Crippen LogP) is 3.46. The second-order valence-corrected chi connectivity index (χ2v) is 8.71. The Morgan fingerprint density at radius 3 is 2.51 bits per heavy atom. The number of H-pyrrole nitrogens is 1. The third kappa shape index (κ3) is 5.26. The number of ether oxygens (including phenoxy) is 1. The van der Waals surface area contributed by atoms with Gasteiger partial charge in [-0.3, -0.25) is 9.59 Å². The van der Waals surface area contributed by atoms with Gasteiger partial charge >= 0.3 is 6.18 Å². The highest BCUT2D eigenvalue weighted by molar-refractivity contribution is 5.94. The van der Waals surface area contributed by atoms with Crippen LogP contribution in [0.4, 0.5) is 19.0 Å². The number of hydrogen-bond acceptors (Lipinski definition) is 7. The van der Waals surface area contributed by atoms with Gasteiger partial charge in [0.05, 0.1) is 29.2 Å². The molecule has 9 nitrogen and oxygen atoms in total. The van der Waals surface area contributed by atoms with E-state index < -0.39 is 23.5 Å². The minimum atomic E-state index is -4.76. The molecule has 1 aliphatic rings. The molecule has 0 bridgehead atoms. The van der Waals surface area contributed by atoms with Gasteiger partial charge in [0.25, 0.3) is 11.5 Å². The Kier molecular flexibility index (Phi) is 6.50. The van der Waals surface area contributed by atoms with Crippen LogP contribution in [0.5, 0.6) is 0 Å². The maximum Gasteiger partial charge on any atom is 0.433 e. The van der Waals surface area contributed by atoms with E-state index in [1.165, 1.54) is 26.1 Å². The van der Waals surface area contributed by atoms with Crippen molar-refractivity contribution in [2.24, 2.45) is 0 Å². The first-order chi connectivity index (χ1) is 16.4. The van der Waals surface area contributed by atoms with Gasteiger partial charge in [-0.1, -0.05) is 0 Å². The molecule has 3 aromatic heterocycles. The van der Waals surface area contributed by atoms with Gasteiger partial charge < -0.3 is 19.9 Å². The van der Waals surface area contributed by atoms with Gasteiger partial charge in [-0.15, -0.1) is 0 Å². The summed E-state index contributed by atoms with van der Waals surface area (Å²) in [5, 5.41) is 2.85. The number of nitrogens with one attached hydrogen (secondary N) is 2. The van der Waals surface area contributed by atoms with E-state index in [4.69, 9.17) is 4.74 Å². The van der Waals surface area contributed by atoms with Crippen molar-refractivity contribution in [3.8, 4) is 0 Å². The van der Waals surface area contributed by atoms with Gasteiger partial charge in [-0.2, -0.15) is 13.2 Å². The van der Waals surface area contributed by atoms with Crippen molar-refractivity contribution >= 4 is 22.8 Å². The van der Waals surface area contributed by atoms with Crippen LogP contribution in [0.15, 0.2) is 29.2 Å². The molecule has 0 aliphatic carbocycles. The lowest BCUT2D eigenvalue weighted by Gasteiger charge is -2.35. The number of aromatic amines is 1. The number of halogens is 3. The van der Waals surface area contributed by atoms with E-state index in [2.05, 4.69) is 25.3 Å². The second kappa shape index (κ2) is 9.25. The van der Waals surface area contributed by atoms with Crippen LogP contribution in [0.2, 0.25) is 0 Å². The first-order valence-electron chi connectivity index (χ1n) is 11.1. The highest BCUT2D eigenvalue weighted by atomic mass is 19.4. The SMILES string of the molecule is Cc1nc2nc(C(F)(F)F)c(C(C)Nc3ccc(C(=O)N4CC(C)OC(C)C4)cn3)cc2c(=O)[nH]1. The van der Waals surface area contributed by atoms with Gasteiger partial charge in [0.1, 0.15) is 11.6 Å². The molecular formula is C23H25F3N6O3. The van der Waals surface area contributed by atoms with Crippen LogP contribution in [0.25, 0.3) is 11.0 Å². The monoisotopic (exact) mass is 490 g/mol. The maximum atomic E-state index is 13.8. The molecule has 0 spiro atoms. The zero-order chi connectivity index (χ0) is 25.5. The number of fused-ring (bicyclic) bond motifs is 1. The molecule has 1 saturated heterocycles. The molecule has 186 valence electrons. The van der Waals surface area contributed by atoms with Crippen molar-refractivity contribution in [3.63, 3.8) is 0 Å². The topological polar surface area (TPSA) is 113 Å². The lowest BCUT2D eigenvalue weighted by Crippen LogP contribution is -2.48. The van der Waals surface area contributed by atoms with E-state index in [0.717, 1.165) is 6.07 Å². The highest BCUT2D eigenvalue weighted by Crippen LogP contribution is 2.35. The number of anilines is 1. The molecule has 4 heterocycles. The van der Waals surface area contributed by atoms with Crippen LogP contribution in [-0.2, 0) is 10.9 Å². The standard InChI is InChI=1S/C23H25F3N6O3/c1-11-9-32(10-12(2)35-11)22(34)15-5-6-18(27-8-15)28-13(3)16-7-17-20(29-14(4)30-21(17)33)31-19(16)23(24,25)26/h5-8,11-13H,9-10H2,1-4H3,(H,27,28)(H,29,30,31,33). The predicted molar refractivity (Wildman–Crippen MR) is 122 cm³/mol. The number of morpholine rings is 1. The highest BCUT2D eigenvalue weighted by Gasteiger charge is 2.37. The van der Waals surface area contributed by atoms with E-state index in [1.807, 2.05) is 13.8 Å². The smallest absolute Gasteiger partial charge is 0.372 e. The average molecular weight is 490 g/mol. The zero-order valence-corrected chi connectivity index (χ0v) is 19.6. The van der Waals surface area contributed by atoms with Crippen molar-refractivity contribution in [2.45, 2.75) is 52.1 Å². The number of amides is 1. The van der Waals surface area contributed by atoms with Crippen LogP contribution < -0.4 is 10.9 Å². The van der Waals surface area contributed by atoms with Crippen LogP contribution in [-0.4, -0.2) is 56.0 Å². The van der Waals surface area contributed by atoms with Crippen molar-refractivity contribution in [3.05, 3.63) is 57.4 Å². The van der Waals surface area contributed by atoms with Gasteiger partial charge in [0, 0.05) is 24.8 Å². The molecule has 3 atom stereocenters. The molecule has 1 amide bonds. The summed E-state index contributed by atoms with van der Waals surface area (Å²) < 4.78 is 47.0. The molecule has 0 aromatic carbocycles. The molecule has 4 rings (SSSR count). The van der Waals surface area contributed by atoms with E-state index >= 15 is 0 Å². The molecule has 0 saturated carbocycles. The van der Waals surface area contributed by atoms with Gasteiger partial charge in [0.15, 0.2) is 11.3 Å². The third-order valence-electron chi connectivity index (χ3n) is 5.66. The molecule has 1 fully saturated rings. The Morgan fingerprint density at radius 1 is 1.23 bits per heavy atom. The fourth-order valence-electron chi connectivity index (χ4n) is 4.18. The fourth-order valence-corrected chi connectivity index (χ4v) is 4.18. The van der Waals surface area contributed by atoms with Crippen LogP contribution in [0, 0.1) is 6.92 Å². The number of aromatic nitrogens is 4. The number of aryl methyl sites for hydroxylation is 1. The normalized spacial score (nSPS) is 19.6. The molecule has 3 aromatic rings. The molecule has 35 heavy (non-hydrogen) atoms.